The molecule has 0 bridgehead atoms. The second-order valence-corrected chi connectivity index (χ2v) is 6.07. The minimum absolute atomic E-state index is 0.181. The monoisotopic (exact) mass is 292 g/mol. The average Bonchev–Trinajstić information content (AvgIpc) is 3.03. The van der Waals surface area contributed by atoms with Crippen molar-refractivity contribution in [1.82, 2.24) is 14.1 Å². The summed E-state index contributed by atoms with van der Waals surface area (Å²) in [6.45, 7) is 1.89. The number of aromatic nitrogens is 2. The van der Waals surface area contributed by atoms with E-state index in [2.05, 4.69) is 31.1 Å². The summed E-state index contributed by atoms with van der Waals surface area (Å²) in [7, 11) is 0. The highest BCUT2D eigenvalue weighted by Crippen LogP contribution is 2.21. The molecule has 1 aliphatic carbocycles. The number of piperidine rings is 1. The van der Waals surface area contributed by atoms with Crippen LogP contribution in [0.1, 0.15) is 32.1 Å². The Morgan fingerprint density at radius 3 is 2.80 bits per heavy atom. The van der Waals surface area contributed by atoms with E-state index in [1.54, 1.807) is 0 Å². The molecule has 1 aromatic rings. The van der Waals surface area contributed by atoms with Gasteiger partial charge in [0.25, 0.3) is 0 Å². The molecule has 1 amide bonds. The summed E-state index contributed by atoms with van der Waals surface area (Å²) in [6.07, 6.45) is 11.0. The molecular weight excluding hydrogens is 272 g/mol. The molecule has 0 spiro atoms. The van der Waals surface area contributed by atoms with Gasteiger partial charge in [0.2, 0.25) is 5.91 Å². The molecule has 2 aliphatic rings. The van der Waals surface area contributed by atoms with Crippen molar-refractivity contribution in [2.75, 3.05) is 18.0 Å². The fourth-order valence-electron chi connectivity index (χ4n) is 2.90. The molecule has 5 nitrogen and oxygen atoms in total. The number of carbonyl (C=O) groups is 1. The van der Waals surface area contributed by atoms with Crippen LogP contribution in [0.2, 0.25) is 0 Å². The van der Waals surface area contributed by atoms with Crippen LogP contribution in [0.15, 0.2) is 18.3 Å². The molecule has 1 saturated heterocycles. The van der Waals surface area contributed by atoms with Crippen LogP contribution in [0, 0.1) is 5.92 Å². The van der Waals surface area contributed by atoms with Gasteiger partial charge in [0.1, 0.15) is 0 Å². The van der Waals surface area contributed by atoms with E-state index in [4.69, 9.17) is 0 Å². The molecule has 1 atom stereocenters. The lowest BCUT2D eigenvalue weighted by molar-refractivity contribution is -0.126. The fourth-order valence-corrected chi connectivity index (χ4v) is 3.34. The largest absolute Gasteiger partial charge is 0.354 e. The van der Waals surface area contributed by atoms with Gasteiger partial charge < -0.3 is 10.2 Å². The van der Waals surface area contributed by atoms with Gasteiger partial charge in [-0.1, -0.05) is 12.2 Å². The zero-order valence-electron chi connectivity index (χ0n) is 11.5. The highest BCUT2D eigenvalue weighted by molar-refractivity contribution is 6.99. The number of hydrogen-bond donors (Lipinski definition) is 1. The number of rotatable bonds is 3. The van der Waals surface area contributed by atoms with E-state index < -0.39 is 0 Å². The summed E-state index contributed by atoms with van der Waals surface area (Å²) in [5, 5.41) is 3.22. The molecule has 1 fully saturated rings. The third kappa shape index (κ3) is 3.17. The minimum Gasteiger partial charge on any atom is -0.354 e. The second-order valence-electron chi connectivity index (χ2n) is 5.52. The van der Waals surface area contributed by atoms with Gasteiger partial charge in [-0.2, -0.15) is 8.75 Å². The lowest BCUT2D eigenvalue weighted by Crippen LogP contribution is -2.46. The molecule has 108 valence electrons. The molecule has 0 radical (unpaired) electrons. The third-order valence-corrected chi connectivity index (χ3v) is 4.62. The fraction of sp³-hybridized carbons (Fsp3) is 0.643. The van der Waals surface area contributed by atoms with Crippen LogP contribution in [0.4, 0.5) is 5.82 Å². The zero-order chi connectivity index (χ0) is 13.8. The maximum atomic E-state index is 12.2. The van der Waals surface area contributed by atoms with E-state index in [0.29, 0.717) is 6.04 Å². The summed E-state index contributed by atoms with van der Waals surface area (Å²) in [4.78, 5) is 14.4. The third-order valence-electron chi connectivity index (χ3n) is 4.15. The summed E-state index contributed by atoms with van der Waals surface area (Å²) in [5.41, 5.74) is 0. The van der Waals surface area contributed by atoms with Crippen molar-refractivity contribution >= 4 is 23.5 Å². The average molecular weight is 292 g/mol. The maximum Gasteiger partial charge on any atom is 0.223 e. The van der Waals surface area contributed by atoms with Gasteiger partial charge in [0.15, 0.2) is 5.82 Å². The molecule has 20 heavy (non-hydrogen) atoms. The van der Waals surface area contributed by atoms with Crippen molar-refractivity contribution < 1.29 is 4.79 Å². The first kappa shape index (κ1) is 13.5. The highest BCUT2D eigenvalue weighted by atomic mass is 32.1. The van der Waals surface area contributed by atoms with Crippen LogP contribution in [-0.2, 0) is 4.79 Å². The number of nitrogens with zero attached hydrogens (tertiary/aromatic N) is 3. The van der Waals surface area contributed by atoms with Crippen LogP contribution in [0.25, 0.3) is 0 Å². The number of nitrogens with one attached hydrogen (secondary N) is 1. The summed E-state index contributed by atoms with van der Waals surface area (Å²) in [6, 6.07) is 0.316. The Morgan fingerprint density at radius 2 is 2.15 bits per heavy atom. The van der Waals surface area contributed by atoms with Crippen molar-refractivity contribution in [3.8, 4) is 0 Å². The lowest BCUT2D eigenvalue weighted by atomic mass is 9.93. The van der Waals surface area contributed by atoms with E-state index >= 15 is 0 Å². The van der Waals surface area contributed by atoms with E-state index in [9.17, 15) is 4.79 Å². The highest BCUT2D eigenvalue weighted by Gasteiger charge is 2.25. The molecule has 1 aliphatic heterocycles. The maximum absolute atomic E-state index is 12.2. The summed E-state index contributed by atoms with van der Waals surface area (Å²) < 4.78 is 8.30. The van der Waals surface area contributed by atoms with Crippen molar-refractivity contribution in [3.05, 3.63) is 18.3 Å². The first-order valence-electron chi connectivity index (χ1n) is 7.31. The van der Waals surface area contributed by atoms with Crippen LogP contribution >= 0.6 is 11.7 Å². The van der Waals surface area contributed by atoms with Gasteiger partial charge >= 0.3 is 0 Å². The number of hydrogen-bond acceptors (Lipinski definition) is 5. The van der Waals surface area contributed by atoms with Gasteiger partial charge in [0.05, 0.1) is 17.9 Å². The molecular formula is C14H20N4OS. The topological polar surface area (TPSA) is 58.1 Å². The van der Waals surface area contributed by atoms with Gasteiger partial charge in [0, 0.05) is 25.0 Å². The first-order valence-corrected chi connectivity index (χ1v) is 8.04. The normalized spacial score (nSPS) is 23.8. The lowest BCUT2D eigenvalue weighted by Gasteiger charge is -2.33. The Bertz CT molecular complexity index is 466. The van der Waals surface area contributed by atoms with E-state index in [1.165, 1.54) is 11.7 Å². The number of carbonyl (C=O) groups excluding carboxylic acids is 1. The van der Waals surface area contributed by atoms with E-state index in [-0.39, 0.29) is 11.8 Å². The number of anilines is 1. The van der Waals surface area contributed by atoms with Crippen molar-refractivity contribution in [2.24, 2.45) is 5.92 Å². The summed E-state index contributed by atoms with van der Waals surface area (Å²) >= 11 is 1.25. The standard InChI is InChI=1S/C14H20N4OS/c19-14(11-4-2-1-3-5-11)16-12-6-8-18(9-7-12)13-10-15-20-17-13/h1-2,10-12H,3-9H2,(H,16,19). The second kappa shape index (κ2) is 6.35. The van der Waals surface area contributed by atoms with Gasteiger partial charge in [-0.05, 0) is 32.1 Å². The molecule has 1 unspecified atom stereocenters. The Balaban J connectivity index is 1.46. The van der Waals surface area contributed by atoms with Gasteiger partial charge in [-0.25, -0.2) is 0 Å². The smallest absolute Gasteiger partial charge is 0.223 e. The Kier molecular flexibility index (Phi) is 4.30. The van der Waals surface area contributed by atoms with Crippen molar-refractivity contribution in [1.29, 1.82) is 0 Å². The molecule has 1 aromatic heterocycles. The molecule has 0 saturated carbocycles. The van der Waals surface area contributed by atoms with Crippen molar-refractivity contribution in [2.45, 2.75) is 38.1 Å². The van der Waals surface area contributed by atoms with E-state index in [1.807, 2.05) is 6.20 Å². The Morgan fingerprint density at radius 1 is 1.30 bits per heavy atom. The van der Waals surface area contributed by atoms with Crippen LogP contribution in [0.3, 0.4) is 0 Å². The molecule has 3 rings (SSSR count). The SMILES string of the molecule is O=C(NC1CCN(c2cnsn2)CC1)C1CC=CCC1. The molecule has 0 aromatic carbocycles. The number of allylic oxidation sites excluding steroid dienone is 2. The molecule has 6 heteroatoms. The van der Waals surface area contributed by atoms with Crippen molar-refractivity contribution in [3.63, 3.8) is 0 Å². The Labute approximate surface area is 123 Å². The van der Waals surface area contributed by atoms with Crippen LogP contribution in [0.5, 0.6) is 0 Å². The minimum atomic E-state index is 0.181. The van der Waals surface area contributed by atoms with E-state index in [0.717, 1.165) is 51.0 Å². The zero-order valence-corrected chi connectivity index (χ0v) is 12.3. The molecule has 2 heterocycles. The van der Waals surface area contributed by atoms with Gasteiger partial charge in [-0.3, -0.25) is 4.79 Å². The molecule has 1 N–H and O–H groups in total. The van der Waals surface area contributed by atoms with Crippen LogP contribution < -0.4 is 10.2 Å². The Hall–Kier alpha value is -1.43. The first-order chi connectivity index (χ1) is 9.83. The van der Waals surface area contributed by atoms with Crippen LogP contribution in [-0.4, -0.2) is 33.8 Å². The number of amides is 1. The quantitative estimate of drug-likeness (QED) is 0.866. The summed E-state index contributed by atoms with van der Waals surface area (Å²) in [5.74, 6) is 1.39. The predicted molar refractivity (Wildman–Crippen MR) is 79.8 cm³/mol. The predicted octanol–water partition coefficient (Wildman–Crippen LogP) is 1.98. The van der Waals surface area contributed by atoms with Gasteiger partial charge in [-0.15, -0.1) is 0 Å².